The van der Waals surface area contributed by atoms with E-state index in [4.69, 9.17) is 9.73 Å². The van der Waals surface area contributed by atoms with E-state index in [-0.39, 0.29) is 11.6 Å². The van der Waals surface area contributed by atoms with Crippen molar-refractivity contribution in [3.63, 3.8) is 0 Å². The van der Waals surface area contributed by atoms with Gasteiger partial charge in [-0.15, -0.1) is 0 Å². The Kier molecular flexibility index (Phi) is 4.99. The topological polar surface area (TPSA) is 33.6 Å². The Hall–Kier alpha value is -3.85. The second-order valence-electron chi connectivity index (χ2n) is 9.08. The first-order valence-electron chi connectivity index (χ1n) is 12.1. The number of para-hydroxylation sites is 2. The monoisotopic (exact) mass is 444 g/mol. The third kappa shape index (κ3) is 3.15. The zero-order valence-electron chi connectivity index (χ0n) is 19.6. The minimum atomic E-state index is -0.124. The molecule has 0 radical (unpaired) electrons. The van der Waals surface area contributed by atoms with Crippen LogP contribution in [0.25, 0.3) is 5.70 Å². The summed E-state index contributed by atoms with van der Waals surface area (Å²) in [4.78, 5) is 5.01. The third-order valence-corrected chi connectivity index (χ3v) is 7.45. The van der Waals surface area contributed by atoms with E-state index in [1.165, 1.54) is 11.1 Å². The summed E-state index contributed by atoms with van der Waals surface area (Å²) >= 11 is 0. The van der Waals surface area contributed by atoms with Gasteiger partial charge >= 0.3 is 0 Å². The molecule has 2 heterocycles. The second kappa shape index (κ2) is 8.18. The molecule has 2 aliphatic rings. The molecule has 1 atom stereocenters. The molecule has 0 amide bonds. The van der Waals surface area contributed by atoms with Crippen molar-refractivity contribution in [2.75, 3.05) is 0 Å². The highest BCUT2D eigenvalue weighted by atomic mass is 16.5. The Morgan fingerprint density at radius 1 is 0.765 bits per heavy atom. The maximum atomic E-state index is 6.39. The first-order chi connectivity index (χ1) is 16.7. The molecule has 0 fully saturated rings. The van der Waals surface area contributed by atoms with Crippen LogP contribution in [-0.4, -0.2) is 0 Å². The van der Waals surface area contributed by atoms with E-state index >= 15 is 0 Å². The van der Waals surface area contributed by atoms with Crippen LogP contribution < -0.4 is 20.6 Å². The van der Waals surface area contributed by atoms with E-state index < -0.39 is 0 Å². The van der Waals surface area contributed by atoms with Crippen LogP contribution in [0.5, 0.6) is 11.5 Å². The molecule has 0 spiro atoms. The lowest BCUT2D eigenvalue weighted by atomic mass is 9.68. The van der Waals surface area contributed by atoms with Crippen molar-refractivity contribution in [3.8, 4) is 11.5 Å². The molecule has 4 aromatic carbocycles. The van der Waals surface area contributed by atoms with Gasteiger partial charge in [0.2, 0.25) is 0 Å². The number of hydrogen-bond acceptors (Lipinski definition) is 3. The molecule has 6 rings (SSSR count). The largest absolute Gasteiger partial charge is 0.457 e. The molecule has 1 N–H and O–H groups in total. The van der Waals surface area contributed by atoms with Crippen LogP contribution in [0.3, 0.4) is 0 Å². The SMILES string of the molecule is CCC1(CC)c2ccccc2Oc2ccc(C3=c4ccccc4=NC(c4ccccc4)N3)cc21. The average Bonchev–Trinajstić information content (AvgIpc) is 2.91. The van der Waals surface area contributed by atoms with E-state index in [1.54, 1.807) is 0 Å². The third-order valence-electron chi connectivity index (χ3n) is 7.45. The van der Waals surface area contributed by atoms with Gasteiger partial charge in [0.15, 0.2) is 0 Å². The van der Waals surface area contributed by atoms with Crippen molar-refractivity contribution in [2.24, 2.45) is 4.99 Å². The highest BCUT2D eigenvalue weighted by Gasteiger charge is 2.39. The molecule has 0 saturated heterocycles. The van der Waals surface area contributed by atoms with Gasteiger partial charge in [-0.2, -0.15) is 0 Å². The van der Waals surface area contributed by atoms with E-state index in [9.17, 15) is 0 Å². The van der Waals surface area contributed by atoms with E-state index in [2.05, 4.69) is 110 Å². The molecule has 0 aromatic heterocycles. The zero-order chi connectivity index (χ0) is 23.1. The van der Waals surface area contributed by atoms with Crippen LogP contribution in [0, 0.1) is 0 Å². The van der Waals surface area contributed by atoms with E-state index in [0.29, 0.717) is 0 Å². The lowest BCUT2D eigenvalue weighted by molar-refractivity contribution is 0.374. The normalized spacial score (nSPS) is 17.4. The summed E-state index contributed by atoms with van der Waals surface area (Å²) in [5.74, 6) is 1.93. The predicted octanol–water partition coefficient (Wildman–Crippen LogP) is 5.98. The van der Waals surface area contributed by atoms with Crippen LogP contribution in [0.1, 0.15) is 55.1 Å². The molecule has 34 heavy (non-hydrogen) atoms. The Labute approximate surface area is 200 Å². The number of nitrogens with zero attached hydrogens (tertiary/aromatic N) is 1. The molecular formula is C31H28N2O. The quantitative estimate of drug-likeness (QED) is 0.420. The van der Waals surface area contributed by atoms with Gasteiger partial charge < -0.3 is 10.1 Å². The molecule has 0 bridgehead atoms. The minimum Gasteiger partial charge on any atom is -0.457 e. The molecular weight excluding hydrogens is 416 g/mol. The summed E-state index contributed by atoms with van der Waals surface area (Å²) in [6, 6.07) is 34.0. The highest BCUT2D eigenvalue weighted by Crippen LogP contribution is 2.52. The number of benzene rings is 4. The van der Waals surface area contributed by atoms with E-state index in [0.717, 1.165) is 51.7 Å². The van der Waals surface area contributed by atoms with Crippen molar-refractivity contribution in [1.82, 2.24) is 5.32 Å². The summed E-state index contributed by atoms with van der Waals surface area (Å²) in [5, 5.41) is 5.89. The number of ether oxygens (including phenoxy) is 1. The van der Waals surface area contributed by atoms with E-state index in [1.807, 2.05) is 6.07 Å². The Balaban J connectivity index is 1.54. The molecule has 0 aliphatic carbocycles. The maximum absolute atomic E-state index is 6.39. The van der Waals surface area contributed by atoms with Gasteiger partial charge in [-0.1, -0.05) is 80.6 Å². The average molecular weight is 445 g/mol. The summed E-state index contributed by atoms with van der Waals surface area (Å²) < 4.78 is 6.39. The van der Waals surface area contributed by atoms with Crippen LogP contribution >= 0.6 is 0 Å². The summed E-state index contributed by atoms with van der Waals surface area (Å²) in [7, 11) is 0. The molecule has 2 aliphatic heterocycles. The van der Waals surface area contributed by atoms with Crippen LogP contribution in [0.15, 0.2) is 102 Å². The molecule has 3 heteroatoms. The number of nitrogens with one attached hydrogen (secondary N) is 1. The lowest BCUT2D eigenvalue weighted by Gasteiger charge is -2.39. The lowest BCUT2D eigenvalue weighted by Crippen LogP contribution is -2.40. The van der Waals surface area contributed by atoms with Gasteiger partial charge in [0.1, 0.15) is 17.7 Å². The van der Waals surface area contributed by atoms with Crippen molar-refractivity contribution in [3.05, 3.63) is 130 Å². The summed E-state index contributed by atoms with van der Waals surface area (Å²) in [5.41, 5.74) is 5.90. The smallest absolute Gasteiger partial charge is 0.145 e. The molecule has 4 aromatic rings. The van der Waals surface area contributed by atoms with Gasteiger partial charge in [-0.3, -0.25) is 4.99 Å². The molecule has 0 saturated carbocycles. The number of hydrogen-bond donors (Lipinski definition) is 1. The first-order valence-corrected chi connectivity index (χ1v) is 12.1. The first kappa shape index (κ1) is 20.7. The number of fused-ring (bicyclic) bond motifs is 3. The predicted molar refractivity (Wildman–Crippen MR) is 136 cm³/mol. The molecule has 3 nitrogen and oxygen atoms in total. The van der Waals surface area contributed by atoms with Gasteiger partial charge in [0.25, 0.3) is 0 Å². The van der Waals surface area contributed by atoms with Crippen LogP contribution in [0.2, 0.25) is 0 Å². The van der Waals surface area contributed by atoms with Gasteiger partial charge in [0.05, 0.1) is 11.1 Å². The van der Waals surface area contributed by atoms with Crippen LogP contribution in [0.4, 0.5) is 0 Å². The fourth-order valence-corrected chi connectivity index (χ4v) is 5.59. The summed E-state index contributed by atoms with van der Waals surface area (Å²) in [6.07, 6.45) is 1.91. The van der Waals surface area contributed by atoms with Crippen molar-refractivity contribution in [1.29, 1.82) is 0 Å². The number of rotatable bonds is 4. The van der Waals surface area contributed by atoms with Gasteiger partial charge in [-0.05, 0) is 54.3 Å². The summed E-state index contributed by atoms with van der Waals surface area (Å²) in [6.45, 7) is 4.57. The molecule has 168 valence electrons. The van der Waals surface area contributed by atoms with Gasteiger partial charge in [0, 0.05) is 21.8 Å². The van der Waals surface area contributed by atoms with Crippen molar-refractivity contribution in [2.45, 2.75) is 38.3 Å². The Bertz CT molecular complexity index is 1490. The minimum absolute atomic E-state index is 0.0713. The van der Waals surface area contributed by atoms with Crippen molar-refractivity contribution < 1.29 is 4.74 Å². The maximum Gasteiger partial charge on any atom is 0.145 e. The standard InChI is InChI=1S/C31H28N2O/c1-3-31(4-2)24-15-9-11-17-27(24)34-28-19-18-22(20-25(28)31)29-23-14-8-10-16-26(23)32-30(33-29)21-12-6-5-7-13-21/h5-20,30,33H,3-4H2,1-2H3. The molecule has 1 unspecified atom stereocenters. The fourth-order valence-electron chi connectivity index (χ4n) is 5.59. The van der Waals surface area contributed by atoms with Gasteiger partial charge in [-0.25, -0.2) is 0 Å². The van der Waals surface area contributed by atoms with Crippen molar-refractivity contribution >= 4 is 5.70 Å². The fraction of sp³-hybridized carbons (Fsp3) is 0.194. The Morgan fingerprint density at radius 3 is 2.29 bits per heavy atom. The van der Waals surface area contributed by atoms with Crippen LogP contribution in [-0.2, 0) is 5.41 Å². The second-order valence-corrected chi connectivity index (χ2v) is 9.08. The zero-order valence-corrected chi connectivity index (χ0v) is 19.6. The highest BCUT2D eigenvalue weighted by molar-refractivity contribution is 5.69. The Morgan fingerprint density at radius 2 is 1.47 bits per heavy atom.